The quantitative estimate of drug-likeness (QED) is 0.683. The van der Waals surface area contributed by atoms with Crippen molar-refractivity contribution in [3.05, 3.63) is 70.7 Å². The van der Waals surface area contributed by atoms with Crippen molar-refractivity contribution in [1.29, 1.82) is 0 Å². The van der Waals surface area contributed by atoms with E-state index in [-0.39, 0.29) is 0 Å². The van der Waals surface area contributed by atoms with Gasteiger partial charge in [0, 0.05) is 15.1 Å². The van der Waals surface area contributed by atoms with Gasteiger partial charge < -0.3 is 0 Å². The third kappa shape index (κ3) is 3.76. The van der Waals surface area contributed by atoms with Crippen LogP contribution in [0, 0.1) is 0 Å². The van der Waals surface area contributed by atoms with Crippen molar-refractivity contribution in [3.8, 4) is 0 Å². The van der Waals surface area contributed by atoms with Gasteiger partial charge >= 0.3 is 0 Å². The highest BCUT2D eigenvalue weighted by atomic mass is 79.9. The van der Waals surface area contributed by atoms with Gasteiger partial charge in [-0.1, -0.05) is 58.9 Å². The average molecular weight is 305 g/mol. The van der Waals surface area contributed by atoms with Crippen LogP contribution in [0.25, 0.3) is 6.08 Å². The number of thioether (sulfide) groups is 1. The maximum atomic E-state index is 3.75. The van der Waals surface area contributed by atoms with Gasteiger partial charge in [-0.25, -0.2) is 0 Å². The third-order valence-electron chi connectivity index (χ3n) is 2.42. The second-order valence-electron chi connectivity index (χ2n) is 3.69. The van der Waals surface area contributed by atoms with E-state index in [1.54, 1.807) is 0 Å². The highest BCUT2D eigenvalue weighted by Crippen LogP contribution is 2.25. The third-order valence-corrected chi connectivity index (χ3v) is 3.98. The van der Waals surface area contributed by atoms with Crippen LogP contribution in [0.2, 0.25) is 0 Å². The highest BCUT2D eigenvalue weighted by Gasteiger charge is 1.97. The van der Waals surface area contributed by atoms with E-state index in [0.717, 1.165) is 10.2 Å². The Bertz CT molecular complexity index is 503. The maximum absolute atomic E-state index is 3.75. The van der Waals surface area contributed by atoms with Crippen LogP contribution in [-0.4, -0.2) is 0 Å². The molecule has 0 saturated heterocycles. The Hall–Kier alpha value is -0.990. The summed E-state index contributed by atoms with van der Waals surface area (Å²) in [5.74, 6) is 0.994. The molecular formula is C15H13BrS. The summed E-state index contributed by atoms with van der Waals surface area (Å²) < 4.78 is 1.13. The van der Waals surface area contributed by atoms with Gasteiger partial charge in [0.05, 0.1) is 0 Å². The van der Waals surface area contributed by atoms with Gasteiger partial charge in [0.25, 0.3) is 0 Å². The number of rotatable bonds is 4. The molecule has 0 amide bonds. The average Bonchev–Trinajstić information content (AvgIpc) is 2.37. The van der Waals surface area contributed by atoms with E-state index in [4.69, 9.17) is 0 Å². The summed E-state index contributed by atoms with van der Waals surface area (Å²) in [5, 5.41) is 0. The lowest BCUT2D eigenvalue weighted by Gasteiger charge is -2.03. The van der Waals surface area contributed by atoms with Gasteiger partial charge in [0.2, 0.25) is 0 Å². The smallest absolute Gasteiger partial charge is 0.0232 e. The van der Waals surface area contributed by atoms with E-state index in [2.05, 4.69) is 65.0 Å². The Morgan fingerprint density at radius 1 is 1.12 bits per heavy atom. The first-order valence-corrected chi connectivity index (χ1v) is 7.15. The molecule has 0 unspecified atom stereocenters. The molecular weight excluding hydrogens is 292 g/mol. The normalized spacial score (nSPS) is 10.2. The van der Waals surface area contributed by atoms with Crippen LogP contribution in [0.5, 0.6) is 0 Å². The van der Waals surface area contributed by atoms with E-state index in [1.807, 2.05) is 23.9 Å². The van der Waals surface area contributed by atoms with E-state index in [0.29, 0.717) is 0 Å². The van der Waals surface area contributed by atoms with E-state index >= 15 is 0 Å². The molecule has 0 aromatic heterocycles. The van der Waals surface area contributed by atoms with Crippen molar-refractivity contribution in [1.82, 2.24) is 0 Å². The monoisotopic (exact) mass is 304 g/mol. The van der Waals surface area contributed by atoms with Crippen LogP contribution in [0.3, 0.4) is 0 Å². The van der Waals surface area contributed by atoms with Crippen molar-refractivity contribution >= 4 is 33.8 Å². The van der Waals surface area contributed by atoms with Crippen LogP contribution in [0.4, 0.5) is 0 Å². The molecule has 17 heavy (non-hydrogen) atoms. The Balaban J connectivity index is 1.99. The Kier molecular flexibility index (Phi) is 4.46. The number of benzene rings is 2. The number of halogens is 1. The predicted molar refractivity (Wildman–Crippen MR) is 80.2 cm³/mol. The van der Waals surface area contributed by atoms with Gasteiger partial charge in [0.1, 0.15) is 0 Å². The van der Waals surface area contributed by atoms with Gasteiger partial charge in [-0.3, -0.25) is 0 Å². The molecule has 86 valence electrons. The summed E-state index contributed by atoms with van der Waals surface area (Å²) in [4.78, 5) is 1.28. The molecule has 0 N–H and O–H groups in total. The van der Waals surface area contributed by atoms with Crippen LogP contribution >= 0.6 is 27.7 Å². The minimum absolute atomic E-state index is 0.994. The van der Waals surface area contributed by atoms with Crippen LogP contribution in [0.15, 0.2) is 64.5 Å². The van der Waals surface area contributed by atoms with Crippen LogP contribution < -0.4 is 0 Å². The zero-order valence-corrected chi connectivity index (χ0v) is 11.8. The molecule has 0 aliphatic heterocycles. The molecule has 0 heterocycles. The predicted octanol–water partition coefficient (Wildman–Crippen LogP) is 5.38. The van der Waals surface area contributed by atoms with Gasteiger partial charge in [-0.05, 0) is 29.3 Å². The summed E-state index contributed by atoms with van der Waals surface area (Å²) >= 11 is 5.33. The van der Waals surface area contributed by atoms with Gasteiger partial charge in [-0.15, -0.1) is 11.8 Å². The summed E-state index contributed by atoms with van der Waals surface area (Å²) in [6, 6.07) is 16.9. The minimum atomic E-state index is 0.994. The van der Waals surface area contributed by atoms with E-state index in [9.17, 15) is 0 Å². The molecule has 0 aliphatic rings. The fourth-order valence-corrected chi connectivity index (χ4v) is 2.94. The number of hydrogen-bond acceptors (Lipinski definition) is 1. The van der Waals surface area contributed by atoms with Crippen molar-refractivity contribution in [3.63, 3.8) is 0 Å². The Labute approximate surface area is 115 Å². The Morgan fingerprint density at radius 3 is 2.53 bits per heavy atom. The molecule has 2 aromatic carbocycles. The lowest BCUT2D eigenvalue weighted by molar-refractivity contribution is 1.37. The lowest BCUT2D eigenvalue weighted by Crippen LogP contribution is -1.81. The number of hydrogen-bond donors (Lipinski definition) is 0. The van der Waals surface area contributed by atoms with Gasteiger partial charge in [-0.2, -0.15) is 0 Å². The van der Waals surface area contributed by atoms with Crippen LogP contribution in [0.1, 0.15) is 11.1 Å². The molecule has 2 heteroatoms. The Morgan fingerprint density at radius 2 is 1.88 bits per heavy atom. The van der Waals surface area contributed by atoms with E-state index in [1.165, 1.54) is 16.0 Å². The van der Waals surface area contributed by atoms with E-state index < -0.39 is 0 Å². The molecule has 0 nitrogen and oxygen atoms in total. The standard InChI is InChI=1S/C15H13BrS/c1-2-12-6-8-13(9-7-12)11-17-15-5-3-4-14(16)10-15/h2-10H,1,11H2. The van der Waals surface area contributed by atoms with Crippen molar-refractivity contribution in [2.75, 3.05) is 0 Å². The van der Waals surface area contributed by atoms with Gasteiger partial charge in [0.15, 0.2) is 0 Å². The molecule has 0 fully saturated rings. The zero-order chi connectivity index (χ0) is 12.1. The molecule has 0 atom stereocenters. The summed E-state index contributed by atoms with van der Waals surface area (Å²) in [6.07, 6.45) is 1.87. The SMILES string of the molecule is C=Cc1ccc(CSc2cccc(Br)c2)cc1. The summed E-state index contributed by atoms with van der Waals surface area (Å²) in [6.45, 7) is 3.75. The molecule has 0 radical (unpaired) electrons. The van der Waals surface area contributed by atoms with Crippen molar-refractivity contribution in [2.45, 2.75) is 10.6 Å². The molecule has 2 rings (SSSR count). The fraction of sp³-hybridized carbons (Fsp3) is 0.0667. The first-order valence-electron chi connectivity index (χ1n) is 5.37. The molecule has 2 aromatic rings. The van der Waals surface area contributed by atoms with Crippen molar-refractivity contribution < 1.29 is 0 Å². The maximum Gasteiger partial charge on any atom is 0.0232 e. The minimum Gasteiger partial charge on any atom is -0.121 e. The molecule has 0 aliphatic carbocycles. The first kappa shape index (κ1) is 12.5. The summed E-state index contributed by atoms with van der Waals surface area (Å²) in [7, 11) is 0. The first-order chi connectivity index (χ1) is 8.28. The molecule has 0 bridgehead atoms. The lowest BCUT2D eigenvalue weighted by atomic mass is 10.1. The molecule has 0 saturated carbocycles. The van der Waals surface area contributed by atoms with Crippen molar-refractivity contribution in [2.24, 2.45) is 0 Å². The second kappa shape index (κ2) is 6.08. The highest BCUT2D eigenvalue weighted by molar-refractivity contribution is 9.10. The topological polar surface area (TPSA) is 0 Å². The largest absolute Gasteiger partial charge is 0.121 e. The molecule has 0 spiro atoms. The second-order valence-corrected chi connectivity index (χ2v) is 5.66. The summed E-state index contributed by atoms with van der Waals surface area (Å²) in [5.41, 5.74) is 2.50. The zero-order valence-electron chi connectivity index (χ0n) is 9.40. The fourth-order valence-electron chi connectivity index (χ4n) is 1.47. The van der Waals surface area contributed by atoms with Crippen LogP contribution in [-0.2, 0) is 5.75 Å².